The smallest absolute Gasteiger partial charge is 0.422 e. The van der Waals surface area contributed by atoms with Gasteiger partial charge in [0.2, 0.25) is 6.41 Å². The van der Waals surface area contributed by atoms with E-state index >= 15 is 0 Å². The first-order chi connectivity index (χ1) is 12.3. The van der Waals surface area contributed by atoms with Crippen molar-refractivity contribution in [1.29, 1.82) is 0 Å². The largest absolute Gasteiger partial charge is 0.470 e. The van der Waals surface area contributed by atoms with Gasteiger partial charge in [-0.2, -0.15) is 13.2 Å². The summed E-state index contributed by atoms with van der Waals surface area (Å²) >= 11 is 0. The van der Waals surface area contributed by atoms with Crippen LogP contribution < -0.4 is 21.7 Å². The first-order valence-corrected chi connectivity index (χ1v) is 7.51. The number of rotatable bonds is 7. The van der Waals surface area contributed by atoms with Crippen LogP contribution in [-0.2, 0) is 9.53 Å². The van der Waals surface area contributed by atoms with Crippen LogP contribution in [0.4, 0.5) is 24.5 Å². The average Bonchev–Trinajstić information content (AvgIpc) is 2.60. The van der Waals surface area contributed by atoms with Crippen LogP contribution in [0.25, 0.3) is 0 Å². The molecule has 0 aromatic heterocycles. The minimum absolute atomic E-state index is 0.0410. The molecule has 5 N–H and O–H groups in total. The van der Waals surface area contributed by atoms with E-state index in [0.717, 1.165) is 0 Å². The number of alkyl halides is 3. The molecule has 26 heavy (non-hydrogen) atoms. The van der Waals surface area contributed by atoms with Crippen molar-refractivity contribution in [2.45, 2.75) is 12.2 Å². The highest BCUT2D eigenvalue weighted by molar-refractivity contribution is 6.02. The minimum Gasteiger partial charge on any atom is -0.470 e. The Bertz CT molecular complexity index is 732. The molecule has 7 nitrogen and oxygen atoms in total. The van der Waals surface area contributed by atoms with E-state index < -0.39 is 24.7 Å². The summed E-state index contributed by atoms with van der Waals surface area (Å²) < 4.78 is 41.2. The number of amides is 2. The number of carbonyl (C=O) groups is 2. The number of allylic oxidation sites excluding steroid dienone is 2. The Hall–Kier alpha value is -3.17. The number of anilines is 2. The molecule has 0 radical (unpaired) electrons. The van der Waals surface area contributed by atoms with Crippen molar-refractivity contribution in [1.82, 2.24) is 10.6 Å². The van der Waals surface area contributed by atoms with Crippen molar-refractivity contribution in [3.05, 3.63) is 47.9 Å². The Morgan fingerprint density at radius 1 is 1.38 bits per heavy atom. The number of dihydropyridines is 1. The minimum atomic E-state index is -4.44. The number of halogens is 3. The predicted octanol–water partition coefficient (Wildman–Crippen LogP) is 1.52. The highest BCUT2D eigenvalue weighted by atomic mass is 19.4. The Labute approximate surface area is 147 Å². The van der Waals surface area contributed by atoms with Crippen molar-refractivity contribution in [2.75, 3.05) is 24.2 Å². The van der Waals surface area contributed by atoms with Crippen LogP contribution in [0, 0.1) is 0 Å². The standard InChI is InChI=1S/C16H17F3N4O3/c17-16(18,19)8-26-13-6-1-3-10(23-13)7-21-15(25)11-4-2-5-12(14(11)20)22-9-24/h1-6,9-10,23H,7-8,20H2,(H,21,25)(H,22,24). The molecule has 0 spiro atoms. The third kappa shape index (κ3) is 5.43. The number of benzene rings is 1. The maximum Gasteiger partial charge on any atom is 0.422 e. The summed E-state index contributed by atoms with van der Waals surface area (Å²) in [6.45, 7) is -1.32. The van der Waals surface area contributed by atoms with Crippen molar-refractivity contribution < 1.29 is 27.5 Å². The number of para-hydroxylation sites is 1. The van der Waals surface area contributed by atoms with E-state index in [1.54, 1.807) is 18.2 Å². The molecular weight excluding hydrogens is 353 g/mol. The zero-order valence-corrected chi connectivity index (χ0v) is 13.5. The molecule has 1 aromatic rings. The van der Waals surface area contributed by atoms with Gasteiger partial charge in [0.15, 0.2) is 12.5 Å². The van der Waals surface area contributed by atoms with E-state index in [2.05, 4.69) is 20.7 Å². The lowest BCUT2D eigenvalue weighted by atomic mass is 10.1. The molecular formula is C16H17F3N4O3. The van der Waals surface area contributed by atoms with Gasteiger partial charge in [0.1, 0.15) is 0 Å². The molecule has 0 aliphatic carbocycles. The summed E-state index contributed by atoms with van der Waals surface area (Å²) in [6, 6.07) is 4.13. The second kappa shape index (κ2) is 8.28. The van der Waals surface area contributed by atoms with Gasteiger partial charge in [0.25, 0.3) is 5.91 Å². The molecule has 1 unspecified atom stereocenters. The Kier molecular flexibility index (Phi) is 6.10. The van der Waals surface area contributed by atoms with Crippen LogP contribution in [-0.4, -0.2) is 37.7 Å². The van der Waals surface area contributed by atoms with E-state index in [1.165, 1.54) is 18.2 Å². The van der Waals surface area contributed by atoms with Gasteiger partial charge in [-0.1, -0.05) is 18.2 Å². The van der Waals surface area contributed by atoms with Gasteiger partial charge in [-0.25, -0.2) is 0 Å². The van der Waals surface area contributed by atoms with Gasteiger partial charge >= 0.3 is 6.18 Å². The fraction of sp³-hybridized carbons (Fsp3) is 0.250. The Morgan fingerprint density at radius 2 is 2.15 bits per heavy atom. The van der Waals surface area contributed by atoms with Gasteiger partial charge in [-0.05, 0) is 18.2 Å². The Balaban J connectivity index is 1.90. The maximum atomic E-state index is 12.2. The average molecular weight is 370 g/mol. The van der Waals surface area contributed by atoms with E-state index in [9.17, 15) is 22.8 Å². The van der Waals surface area contributed by atoms with Crippen LogP contribution >= 0.6 is 0 Å². The van der Waals surface area contributed by atoms with Crippen molar-refractivity contribution >= 4 is 23.7 Å². The molecule has 1 aromatic carbocycles. The highest BCUT2D eigenvalue weighted by Crippen LogP contribution is 2.22. The number of carbonyl (C=O) groups excluding carboxylic acids is 2. The summed E-state index contributed by atoms with van der Waals surface area (Å²) in [5.41, 5.74) is 6.41. The van der Waals surface area contributed by atoms with Crippen LogP contribution in [0.15, 0.2) is 42.3 Å². The maximum absolute atomic E-state index is 12.2. The molecule has 1 atom stereocenters. The Morgan fingerprint density at radius 3 is 2.85 bits per heavy atom. The second-order valence-corrected chi connectivity index (χ2v) is 5.31. The predicted molar refractivity (Wildman–Crippen MR) is 89.0 cm³/mol. The molecule has 0 bridgehead atoms. The summed E-state index contributed by atoms with van der Waals surface area (Å²) in [6.07, 6.45) is 0.553. The number of ether oxygens (including phenoxy) is 1. The summed E-state index contributed by atoms with van der Waals surface area (Å²) in [4.78, 5) is 22.8. The lowest BCUT2D eigenvalue weighted by Gasteiger charge is -2.22. The fourth-order valence-electron chi connectivity index (χ4n) is 2.17. The molecule has 0 saturated carbocycles. The van der Waals surface area contributed by atoms with Gasteiger partial charge in [0, 0.05) is 6.54 Å². The van der Waals surface area contributed by atoms with Crippen LogP contribution in [0.3, 0.4) is 0 Å². The van der Waals surface area contributed by atoms with Crippen molar-refractivity contribution in [2.24, 2.45) is 0 Å². The van der Waals surface area contributed by atoms with Gasteiger partial charge in [-0.3, -0.25) is 9.59 Å². The van der Waals surface area contributed by atoms with Gasteiger partial charge in [-0.15, -0.1) is 0 Å². The quantitative estimate of drug-likeness (QED) is 0.430. The van der Waals surface area contributed by atoms with Gasteiger partial charge < -0.3 is 26.4 Å². The van der Waals surface area contributed by atoms with E-state index in [1.807, 2.05) is 0 Å². The summed E-state index contributed by atoms with van der Waals surface area (Å²) in [7, 11) is 0. The number of nitrogen functional groups attached to an aromatic ring is 1. The van der Waals surface area contributed by atoms with Crippen LogP contribution in [0.5, 0.6) is 0 Å². The second-order valence-electron chi connectivity index (χ2n) is 5.31. The molecule has 140 valence electrons. The van der Waals surface area contributed by atoms with Gasteiger partial charge in [0.05, 0.1) is 23.0 Å². The lowest BCUT2D eigenvalue weighted by Crippen LogP contribution is -2.41. The van der Waals surface area contributed by atoms with Crippen molar-refractivity contribution in [3.63, 3.8) is 0 Å². The van der Waals surface area contributed by atoms with Crippen LogP contribution in [0.1, 0.15) is 10.4 Å². The normalized spacial score (nSPS) is 16.3. The molecule has 2 rings (SSSR count). The molecule has 0 saturated heterocycles. The zero-order chi connectivity index (χ0) is 19.2. The first kappa shape index (κ1) is 19.2. The molecule has 10 heteroatoms. The third-order valence-corrected chi connectivity index (χ3v) is 3.36. The van der Waals surface area contributed by atoms with E-state index in [0.29, 0.717) is 12.1 Å². The van der Waals surface area contributed by atoms with E-state index in [4.69, 9.17) is 5.73 Å². The lowest BCUT2D eigenvalue weighted by molar-refractivity contribution is -0.166. The third-order valence-electron chi connectivity index (χ3n) is 3.36. The monoisotopic (exact) mass is 370 g/mol. The van der Waals surface area contributed by atoms with E-state index in [-0.39, 0.29) is 23.7 Å². The highest BCUT2D eigenvalue weighted by Gasteiger charge is 2.29. The number of nitrogens with one attached hydrogen (secondary N) is 3. The van der Waals surface area contributed by atoms with Crippen molar-refractivity contribution in [3.8, 4) is 0 Å². The topological polar surface area (TPSA) is 105 Å². The van der Waals surface area contributed by atoms with Crippen LogP contribution in [0.2, 0.25) is 0 Å². The molecule has 1 aliphatic heterocycles. The molecule has 1 aliphatic rings. The number of hydrogen-bond donors (Lipinski definition) is 4. The zero-order valence-electron chi connectivity index (χ0n) is 13.5. The number of hydrogen-bond acceptors (Lipinski definition) is 5. The molecule has 0 fully saturated rings. The SMILES string of the molecule is Nc1c(NC=O)cccc1C(=O)NCC1C=CC=C(OCC(F)(F)F)N1. The summed E-state index contributed by atoms with van der Waals surface area (Å²) in [5, 5.41) is 7.73. The summed E-state index contributed by atoms with van der Waals surface area (Å²) in [5.74, 6) is -0.527. The first-order valence-electron chi connectivity index (χ1n) is 7.51. The molecule has 1 heterocycles. The fourth-order valence-corrected chi connectivity index (χ4v) is 2.17. The number of nitrogens with two attached hydrogens (primary N) is 1. The molecule has 2 amide bonds.